The van der Waals surface area contributed by atoms with Gasteiger partial charge in [0.15, 0.2) is 0 Å². The first-order valence-corrected chi connectivity index (χ1v) is 12.0. The zero-order valence-corrected chi connectivity index (χ0v) is 19.7. The normalized spacial score (nSPS) is 14.0. The second-order valence-electron chi connectivity index (χ2n) is 7.85. The molecule has 0 saturated carbocycles. The molecule has 3 aromatic carbocycles. The highest BCUT2D eigenvalue weighted by atomic mass is 31.2. The smallest absolute Gasteiger partial charge is 0.258 e. The first-order chi connectivity index (χ1) is 14.8. The van der Waals surface area contributed by atoms with E-state index in [1.165, 1.54) is 0 Å². The van der Waals surface area contributed by atoms with Crippen LogP contribution in [0.2, 0.25) is 0 Å². The van der Waals surface area contributed by atoms with Gasteiger partial charge in [0.25, 0.3) is 7.37 Å². The standard InChI is InChI=1S/C25H31N2O3P/c1-19(2)30-31(28,24-17-13-22(14-18-24)27(3)4)25(26-21-9-7-6-8-10-21)20-11-15-23(29-5)16-12-20/h6-19,25-26H,1-5H3/t25-,31+/m1/s1. The highest BCUT2D eigenvalue weighted by molar-refractivity contribution is 7.67. The van der Waals surface area contributed by atoms with Gasteiger partial charge in [-0.3, -0.25) is 4.57 Å². The number of rotatable bonds is 9. The van der Waals surface area contributed by atoms with E-state index >= 15 is 0 Å². The third-order valence-corrected chi connectivity index (χ3v) is 7.80. The number of nitrogens with one attached hydrogen (secondary N) is 1. The van der Waals surface area contributed by atoms with Crippen molar-refractivity contribution in [2.75, 3.05) is 31.4 Å². The molecule has 164 valence electrons. The van der Waals surface area contributed by atoms with Crippen molar-refractivity contribution in [1.29, 1.82) is 0 Å². The van der Waals surface area contributed by atoms with Crippen LogP contribution in [0.4, 0.5) is 11.4 Å². The quantitative estimate of drug-likeness (QED) is 0.422. The molecule has 0 bridgehead atoms. The van der Waals surface area contributed by atoms with Crippen molar-refractivity contribution in [2.24, 2.45) is 0 Å². The second kappa shape index (κ2) is 10.0. The first kappa shape index (κ1) is 22.9. The Bertz CT molecular complexity index is 1000. The molecule has 1 N–H and O–H groups in total. The summed E-state index contributed by atoms with van der Waals surface area (Å²) in [4.78, 5) is 2.02. The molecule has 3 rings (SSSR count). The van der Waals surface area contributed by atoms with Gasteiger partial charge in [-0.2, -0.15) is 0 Å². The molecule has 0 amide bonds. The lowest BCUT2D eigenvalue weighted by molar-refractivity contribution is 0.245. The number of hydrogen-bond acceptors (Lipinski definition) is 5. The molecule has 0 spiro atoms. The number of methoxy groups -OCH3 is 1. The summed E-state index contributed by atoms with van der Waals surface area (Å²) in [6.07, 6.45) is -0.210. The molecule has 0 aliphatic heterocycles. The largest absolute Gasteiger partial charge is 0.497 e. The molecule has 0 aliphatic rings. The van der Waals surface area contributed by atoms with E-state index in [9.17, 15) is 4.57 Å². The van der Waals surface area contributed by atoms with Crippen molar-refractivity contribution in [3.8, 4) is 5.75 Å². The van der Waals surface area contributed by atoms with Gasteiger partial charge >= 0.3 is 0 Å². The van der Waals surface area contributed by atoms with Gasteiger partial charge in [0.05, 0.1) is 13.2 Å². The third kappa shape index (κ3) is 5.49. The number of ether oxygens (including phenoxy) is 1. The number of nitrogens with zero attached hydrogens (tertiary/aromatic N) is 1. The Morgan fingerprint density at radius 1 is 0.871 bits per heavy atom. The molecule has 0 aliphatic carbocycles. The monoisotopic (exact) mass is 438 g/mol. The van der Waals surface area contributed by atoms with E-state index in [0.29, 0.717) is 5.30 Å². The minimum Gasteiger partial charge on any atom is -0.497 e. The average molecular weight is 439 g/mol. The predicted octanol–water partition coefficient (Wildman–Crippen LogP) is 5.90. The van der Waals surface area contributed by atoms with E-state index in [1.807, 2.05) is 112 Å². The molecule has 0 saturated heterocycles. The van der Waals surface area contributed by atoms with Crippen LogP contribution in [0.3, 0.4) is 0 Å². The van der Waals surface area contributed by atoms with Crippen LogP contribution < -0.4 is 20.3 Å². The molecular formula is C25H31N2O3P. The van der Waals surface area contributed by atoms with Crippen molar-refractivity contribution >= 4 is 24.0 Å². The zero-order valence-electron chi connectivity index (χ0n) is 18.8. The highest BCUT2D eigenvalue weighted by Gasteiger charge is 2.38. The van der Waals surface area contributed by atoms with Crippen LogP contribution in [0.25, 0.3) is 0 Å². The Morgan fingerprint density at radius 3 is 2.00 bits per heavy atom. The summed E-state index contributed by atoms with van der Waals surface area (Å²) in [5.74, 6) is 0.186. The molecule has 2 atom stereocenters. The van der Waals surface area contributed by atoms with Crippen LogP contribution in [0.5, 0.6) is 5.75 Å². The van der Waals surface area contributed by atoms with E-state index in [1.54, 1.807) is 7.11 Å². The van der Waals surface area contributed by atoms with Crippen molar-refractivity contribution in [2.45, 2.75) is 25.7 Å². The molecule has 0 unspecified atom stereocenters. The van der Waals surface area contributed by atoms with Crippen LogP contribution >= 0.6 is 7.37 Å². The van der Waals surface area contributed by atoms with Gasteiger partial charge in [-0.1, -0.05) is 30.3 Å². The average Bonchev–Trinajstić information content (AvgIpc) is 2.78. The van der Waals surface area contributed by atoms with E-state index < -0.39 is 13.2 Å². The minimum atomic E-state index is -3.37. The van der Waals surface area contributed by atoms with Gasteiger partial charge in [-0.25, -0.2) is 0 Å². The fourth-order valence-corrected chi connectivity index (χ4v) is 6.00. The van der Waals surface area contributed by atoms with Gasteiger partial charge in [0.1, 0.15) is 11.5 Å². The number of hydrogen-bond donors (Lipinski definition) is 1. The van der Waals surface area contributed by atoms with Gasteiger partial charge in [-0.15, -0.1) is 0 Å². The van der Waals surface area contributed by atoms with E-state index in [-0.39, 0.29) is 6.10 Å². The fourth-order valence-electron chi connectivity index (χ4n) is 3.39. The summed E-state index contributed by atoms with van der Waals surface area (Å²) in [7, 11) is 2.23. The summed E-state index contributed by atoms with van der Waals surface area (Å²) >= 11 is 0. The molecule has 0 aromatic heterocycles. The number of benzene rings is 3. The zero-order chi connectivity index (χ0) is 22.4. The Kier molecular flexibility index (Phi) is 7.42. The maximum absolute atomic E-state index is 14.6. The Hall–Kier alpha value is -2.75. The van der Waals surface area contributed by atoms with E-state index in [0.717, 1.165) is 22.7 Å². The Balaban J connectivity index is 2.12. The molecule has 31 heavy (non-hydrogen) atoms. The van der Waals surface area contributed by atoms with Gasteiger partial charge in [0.2, 0.25) is 0 Å². The van der Waals surface area contributed by atoms with Gasteiger partial charge < -0.3 is 19.5 Å². The molecule has 3 aromatic rings. The Morgan fingerprint density at radius 2 is 1.48 bits per heavy atom. The summed E-state index contributed by atoms with van der Waals surface area (Å²) in [6.45, 7) is 3.82. The van der Waals surface area contributed by atoms with Crippen molar-refractivity contribution in [3.05, 3.63) is 84.4 Å². The minimum absolute atomic E-state index is 0.210. The fraction of sp³-hybridized carbons (Fsp3) is 0.280. The van der Waals surface area contributed by atoms with E-state index in [2.05, 4.69) is 5.32 Å². The summed E-state index contributed by atoms with van der Waals surface area (Å²) < 4.78 is 26.2. The van der Waals surface area contributed by atoms with Crippen molar-refractivity contribution in [3.63, 3.8) is 0 Å². The van der Waals surface area contributed by atoms with Crippen LogP contribution in [0.1, 0.15) is 25.2 Å². The Labute approximate surface area is 185 Å². The number of anilines is 2. The summed E-state index contributed by atoms with van der Waals surface area (Å²) in [6, 6.07) is 25.2. The molecule has 6 heteroatoms. The lowest BCUT2D eigenvalue weighted by atomic mass is 10.2. The molecule has 0 radical (unpaired) electrons. The van der Waals surface area contributed by atoms with Crippen molar-refractivity contribution in [1.82, 2.24) is 0 Å². The lowest BCUT2D eigenvalue weighted by Crippen LogP contribution is -2.22. The maximum Gasteiger partial charge on any atom is 0.258 e. The van der Waals surface area contributed by atoms with Crippen LogP contribution in [0.15, 0.2) is 78.9 Å². The predicted molar refractivity (Wildman–Crippen MR) is 130 cm³/mol. The van der Waals surface area contributed by atoms with Crippen LogP contribution in [0, 0.1) is 0 Å². The summed E-state index contributed by atoms with van der Waals surface area (Å²) in [5.41, 5.74) is 2.78. The van der Waals surface area contributed by atoms with Crippen LogP contribution in [-0.2, 0) is 9.09 Å². The van der Waals surface area contributed by atoms with Gasteiger partial charge in [0, 0.05) is 30.8 Å². The second-order valence-corrected chi connectivity index (χ2v) is 10.3. The van der Waals surface area contributed by atoms with Crippen LogP contribution in [-0.4, -0.2) is 27.3 Å². The van der Waals surface area contributed by atoms with Gasteiger partial charge in [-0.05, 0) is 67.9 Å². The third-order valence-electron chi connectivity index (χ3n) is 4.94. The topological polar surface area (TPSA) is 50.8 Å². The summed E-state index contributed by atoms with van der Waals surface area (Å²) in [5, 5.41) is 4.15. The first-order valence-electron chi connectivity index (χ1n) is 10.3. The highest BCUT2D eigenvalue weighted by Crippen LogP contribution is 2.60. The molecule has 0 fully saturated rings. The SMILES string of the molecule is COc1ccc([C@H](Nc2ccccc2)[P@@](=O)(OC(C)C)c2ccc(N(C)C)cc2)cc1. The maximum atomic E-state index is 14.6. The number of para-hydroxylation sites is 1. The molecular weight excluding hydrogens is 407 g/mol. The molecule has 0 heterocycles. The van der Waals surface area contributed by atoms with E-state index in [4.69, 9.17) is 9.26 Å². The lowest BCUT2D eigenvalue weighted by Gasteiger charge is -2.31. The van der Waals surface area contributed by atoms with Crippen molar-refractivity contribution < 1.29 is 13.8 Å². The molecule has 5 nitrogen and oxygen atoms in total.